The summed E-state index contributed by atoms with van der Waals surface area (Å²) in [6.45, 7) is 1.85. The molecular weight excluding hydrogens is 276 g/mol. The van der Waals surface area contributed by atoms with Gasteiger partial charge >= 0.3 is 0 Å². The van der Waals surface area contributed by atoms with E-state index in [1.807, 2.05) is 31.4 Å². The van der Waals surface area contributed by atoms with Crippen LogP contribution in [-0.2, 0) is 12.8 Å². The molecular formula is C14H16N2OS2. The Morgan fingerprint density at radius 3 is 2.58 bits per heavy atom. The molecule has 0 N–H and O–H groups in total. The van der Waals surface area contributed by atoms with Gasteiger partial charge in [-0.3, -0.25) is 9.36 Å². The average molecular weight is 292 g/mol. The third kappa shape index (κ3) is 3.22. The lowest BCUT2D eigenvalue weighted by molar-refractivity contribution is 0.688. The molecule has 0 fully saturated rings. The molecule has 0 bridgehead atoms. The Kier molecular flexibility index (Phi) is 4.71. The van der Waals surface area contributed by atoms with Crippen molar-refractivity contribution in [1.29, 1.82) is 0 Å². The molecule has 0 saturated heterocycles. The van der Waals surface area contributed by atoms with Crippen molar-refractivity contribution in [2.24, 2.45) is 7.05 Å². The first-order valence-electron chi connectivity index (χ1n) is 5.92. The van der Waals surface area contributed by atoms with Crippen molar-refractivity contribution in [3.63, 3.8) is 0 Å². The maximum absolute atomic E-state index is 12.1. The second kappa shape index (κ2) is 6.30. The van der Waals surface area contributed by atoms with E-state index in [2.05, 4.69) is 17.1 Å². The predicted octanol–water partition coefficient (Wildman–Crippen LogP) is 3.10. The van der Waals surface area contributed by atoms with Crippen LogP contribution in [-0.4, -0.2) is 15.8 Å². The van der Waals surface area contributed by atoms with Crippen molar-refractivity contribution in [3.8, 4) is 0 Å². The highest BCUT2D eigenvalue weighted by molar-refractivity contribution is 7.98. The quantitative estimate of drug-likeness (QED) is 0.641. The van der Waals surface area contributed by atoms with Crippen LogP contribution in [0.5, 0.6) is 0 Å². The highest BCUT2D eigenvalue weighted by atomic mass is 32.2. The number of hydrogen-bond donors (Lipinski definition) is 0. The summed E-state index contributed by atoms with van der Waals surface area (Å²) in [6.07, 6.45) is 1.94. The summed E-state index contributed by atoms with van der Waals surface area (Å²) in [7, 11) is 1.77. The second-order valence-electron chi connectivity index (χ2n) is 4.14. The SMILES string of the molecule is CSc1nc(CSc2ccccc2)c(C)c(=O)n1C. The normalized spacial score (nSPS) is 10.7. The largest absolute Gasteiger partial charge is 0.291 e. The molecule has 0 aliphatic rings. The van der Waals surface area contributed by atoms with E-state index >= 15 is 0 Å². The van der Waals surface area contributed by atoms with Crippen molar-refractivity contribution in [2.75, 3.05) is 6.26 Å². The van der Waals surface area contributed by atoms with Gasteiger partial charge in [0.2, 0.25) is 0 Å². The Bertz CT molecular complexity index is 623. The van der Waals surface area contributed by atoms with Gasteiger partial charge in [0.15, 0.2) is 5.16 Å². The summed E-state index contributed by atoms with van der Waals surface area (Å²) in [5.41, 5.74) is 1.66. The zero-order valence-corrected chi connectivity index (χ0v) is 12.8. The highest BCUT2D eigenvalue weighted by Crippen LogP contribution is 2.23. The molecule has 0 saturated carbocycles. The zero-order chi connectivity index (χ0) is 13.8. The zero-order valence-electron chi connectivity index (χ0n) is 11.2. The summed E-state index contributed by atoms with van der Waals surface area (Å²) in [6, 6.07) is 10.2. The molecule has 0 spiro atoms. The molecule has 0 amide bonds. The molecule has 0 aliphatic carbocycles. The number of hydrogen-bond acceptors (Lipinski definition) is 4. The minimum absolute atomic E-state index is 0.0445. The fourth-order valence-electron chi connectivity index (χ4n) is 1.73. The van der Waals surface area contributed by atoms with Gasteiger partial charge in [0.1, 0.15) is 0 Å². The molecule has 3 nitrogen and oxygen atoms in total. The third-order valence-corrected chi connectivity index (χ3v) is 4.63. The van der Waals surface area contributed by atoms with Gasteiger partial charge < -0.3 is 0 Å². The first-order valence-corrected chi connectivity index (χ1v) is 8.13. The van der Waals surface area contributed by atoms with Gasteiger partial charge in [-0.25, -0.2) is 4.98 Å². The molecule has 100 valence electrons. The van der Waals surface area contributed by atoms with Crippen LogP contribution in [0.3, 0.4) is 0 Å². The van der Waals surface area contributed by atoms with Crippen LogP contribution in [0, 0.1) is 6.92 Å². The lowest BCUT2D eigenvalue weighted by atomic mass is 10.3. The molecule has 1 aromatic heterocycles. The average Bonchev–Trinajstić information content (AvgIpc) is 2.45. The van der Waals surface area contributed by atoms with E-state index in [-0.39, 0.29) is 5.56 Å². The van der Waals surface area contributed by atoms with E-state index in [4.69, 9.17) is 0 Å². The van der Waals surface area contributed by atoms with Crippen molar-refractivity contribution in [3.05, 3.63) is 51.9 Å². The number of aromatic nitrogens is 2. The fourth-order valence-corrected chi connectivity index (χ4v) is 3.22. The minimum atomic E-state index is 0.0445. The third-order valence-electron chi connectivity index (χ3n) is 2.88. The summed E-state index contributed by atoms with van der Waals surface area (Å²) in [4.78, 5) is 17.8. The molecule has 0 atom stereocenters. The number of benzene rings is 1. The Morgan fingerprint density at radius 2 is 1.95 bits per heavy atom. The summed E-state index contributed by atoms with van der Waals surface area (Å²) in [5.74, 6) is 0.722. The molecule has 2 aromatic rings. The molecule has 1 heterocycles. The highest BCUT2D eigenvalue weighted by Gasteiger charge is 2.10. The van der Waals surface area contributed by atoms with Crippen LogP contribution < -0.4 is 5.56 Å². The second-order valence-corrected chi connectivity index (χ2v) is 5.96. The maximum Gasteiger partial charge on any atom is 0.257 e. The minimum Gasteiger partial charge on any atom is -0.291 e. The van der Waals surface area contributed by atoms with Crippen LogP contribution in [0.2, 0.25) is 0 Å². The van der Waals surface area contributed by atoms with Gasteiger partial charge in [-0.2, -0.15) is 0 Å². The lowest BCUT2D eigenvalue weighted by Crippen LogP contribution is -2.24. The smallest absolute Gasteiger partial charge is 0.257 e. The van der Waals surface area contributed by atoms with Gasteiger partial charge in [0.05, 0.1) is 5.69 Å². The van der Waals surface area contributed by atoms with Crippen LogP contribution in [0.1, 0.15) is 11.3 Å². The summed E-state index contributed by atoms with van der Waals surface area (Å²) in [5, 5.41) is 0.763. The predicted molar refractivity (Wildman–Crippen MR) is 82.0 cm³/mol. The van der Waals surface area contributed by atoms with Crippen LogP contribution in [0.4, 0.5) is 0 Å². The lowest BCUT2D eigenvalue weighted by Gasteiger charge is -2.10. The van der Waals surface area contributed by atoms with E-state index in [9.17, 15) is 4.79 Å². The van der Waals surface area contributed by atoms with Gasteiger partial charge in [-0.1, -0.05) is 30.0 Å². The van der Waals surface area contributed by atoms with Gasteiger partial charge in [-0.05, 0) is 25.3 Å². The van der Waals surface area contributed by atoms with Crippen molar-refractivity contribution in [2.45, 2.75) is 22.7 Å². The Morgan fingerprint density at radius 1 is 1.26 bits per heavy atom. The number of thioether (sulfide) groups is 2. The van der Waals surface area contributed by atoms with E-state index < -0.39 is 0 Å². The Labute approximate surface area is 121 Å². The van der Waals surface area contributed by atoms with Gasteiger partial charge in [0.25, 0.3) is 5.56 Å². The molecule has 2 rings (SSSR count). The van der Waals surface area contributed by atoms with Crippen LogP contribution in [0.25, 0.3) is 0 Å². The van der Waals surface area contributed by atoms with Crippen molar-refractivity contribution >= 4 is 23.5 Å². The van der Waals surface area contributed by atoms with Crippen molar-refractivity contribution < 1.29 is 0 Å². The topological polar surface area (TPSA) is 34.9 Å². The van der Waals surface area contributed by atoms with E-state index in [0.717, 1.165) is 22.2 Å². The van der Waals surface area contributed by atoms with E-state index in [1.54, 1.807) is 23.4 Å². The monoisotopic (exact) mass is 292 g/mol. The molecule has 19 heavy (non-hydrogen) atoms. The van der Waals surface area contributed by atoms with E-state index in [0.29, 0.717) is 0 Å². The molecule has 5 heteroatoms. The Hall–Kier alpha value is -1.20. The van der Waals surface area contributed by atoms with Crippen molar-refractivity contribution in [1.82, 2.24) is 9.55 Å². The van der Waals surface area contributed by atoms with Gasteiger partial charge in [-0.15, -0.1) is 11.8 Å². The Balaban J connectivity index is 2.26. The van der Waals surface area contributed by atoms with E-state index in [1.165, 1.54) is 16.7 Å². The molecule has 0 radical (unpaired) electrons. The summed E-state index contributed by atoms with van der Waals surface area (Å²) < 4.78 is 1.61. The van der Waals surface area contributed by atoms with Gasteiger partial charge in [0, 0.05) is 23.3 Å². The molecule has 0 unspecified atom stereocenters. The number of rotatable bonds is 4. The van der Waals surface area contributed by atoms with Crippen LogP contribution in [0.15, 0.2) is 45.2 Å². The molecule has 1 aromatic carbocycles. The fraction of sp³-hybridized carbons (Fsp3) is 0.286. The van der Waals surface area contributed by atoms with Crippen LogP contribution >= 0.6 is 23.5 Å². The first-order chi connectivity index (χ1) is 9.13. The first kappa shape index (κ1) is 14.2. The number of nitrogens with zero attached hydrogens (tertiary/aromatic N) is 2. The molecule has 0 aliphatic heterocycles. The summed E-state index contributed by atoms with van der Waals surface area (Å²) >= 11 is 3.20. The standard InChI is InChI=1S/C14H16N2OS2/c1-10-12(9-19-11-7-5-4-6-8-11)15-14(18-3)16(2)13(10)17/h4-8H,9H2,1-3H3. The maximum atomic E-state index is 12.1.